The Morgan fingerprint density at radius 2 is 1.90 bits per heavy atom. The fourth-order valence-corrected chi connectivity index (χ4v) is 2.49. The van der Waals surface area contributed by atoms with Crippen LogP contribution >= 0.6 is 0 Å². The second kappa shape index (κ2) is 7.91. The maximum absolute atomic E-state index is 12.8. The minimum absolute atomic E-state index is 0.0286. The topological polar surface area (TPSA) is 49.8 Å². The normalized spacial score (nSPS) is 11.0. The molecule has 0 heterocycles. The third-order valence-corrected chi connectivity index (χ3v) is 3.64. The predicted molar refractivity (Wildman–Crippen MR) is 84.9 cm³/mol. The van der Waals surface area contributed by atoms with Crippen LogP contribution in [0, 0.1) is 5.92 Å². The van der Waals surface area contributed by atoms with Crippen molar-refractivity contribution in [2.75, 3.05) is 13.7 Å². The lowest BCUT2D eigenvalue weighted by atomic mass is 10.0. The van der Waals surface area contributed by atoms with Gasteiger partial charge in [0, 0.05) is 18.7 Å². The molecule has 1 amide bonds. The van der Waals surface area contributed by atoms with Crippen LogP contribution in [0.5, 0.6) is 11.5 Å². The molecule has 0 bridgehead atoms. The van der Waals surface area contributed by atoms with E-state index in [1.165, 1.54) is 13.2 Å². The number of hydrogen-bond donors (Lipinski definition) is 1. The number of methoxy groups -OCH3 is 1. The minimum atomic E-state index is -0.113. The molecule has 0 aromatic heterocycles. The van der Waals surface area contributed by atoms with Crippen LogP contribution < -0.4 is 4.74 Å². The van der Waals surface area contributed by atoms with E-state index >= 15 is 0 Å². The van der Waals surface area contributed by atoms with Crippen molar-refractivity contribution < 1.29 is 14.6 Å². The summed E-state index contributed by atoms with van der Waals surface area (Å²) in [6.45, 7) is 9.05. The average Bonchev–Trinajstić information content (AvgIpc) is 2.46. The molecular weight excluding hydrogens is 266 g/mol. The standard InChI is InChI=1S/C17H27NO3/c1-6-13(7-2)18(11-12(3)4)17(20)15-9-8-14(21-5)10-16(15)19/h8-10,12-13,19H,6-7,11H2,1-5H3. The minimum Gasteiger partial charge on any atom is -0.507 e. The van der Waals surface area contributed by atoms with Gasteiger partial charge in [-0.1, -0.05) is 27.7 Å². The Kier molecular flexibility index (Phi) is 6.53. The second-order valence-corrected chi connectivity index (χ2v) is 5.70. The molecule has 0 aliphatic carbocycles. The van der Waals surface area contributed by atoms with E-state index in [1.807, 2.05) is 4.90 Å². The first kappa shape index (κ1) is 17.3. The summed E-state index contributed by atoms with van der Waals surface area (Å²) in [6, 6.07) is 5.01. The molecule has 1 aromatic carbocycles. The van der Waals surface area contributed by atoms with Crippen molar-refractivity contribution in [2.45, 2.75) is 46.6 Å². The lowest BCUT2D eigenvalue weighted by Crippen LogP contribution is -2.42. The van der Waals surface area contributed by atoms with Crippen LogP contribution in [0.1, 0.15) is 50.9 Å². The van der Waals surface area contributed by atoms with Crippen LogP contribution in [-0.2, 0) is 0 Å². The SMILES string of the molecule is CCC(CC)N(CC(C)C)C(=O)c1ccc(OC)cc1O. The molecule has 0 aliphatic heterocycles. The van der Waals surface area contributed by atoms with Gasteiger partial charge in [0.15, 0.2) is 0 Å². The molecule has 1 aromatic rings. The van der Waals surface area contributed by atoms with E-state index in [0.29, 0.717) is 23.8 Å². The third-order valence-electron chi connectivity index (χ3n) is 3.64. The Bertz CT molecular complexity index is 467. The fourth-order valence-electron chi connectivity index (χ4n) is 2.49. The quantitative estimate of drug-likeness (QED) is 0.834. The molecule has 0 radical (unpaired) electrons. The second-order valence-electron chi connectivity index (χ2n) is 5.70. The molecule has 0 atom stereocenters. The van der Waals surface area contributed by atoms with Crippen molar-refractivity contribution in [3.8, 4) is 11.5 Å². The molecule has 4 heteroatoms. The zero-order valence-electron chi connectivity index (χ0n) is 13.7. The summed E-state index contributed by atoms with van der Waals surface area (Å²) in [7, 11) is 1.53. The monoisotopic (exact) mass is 293 g/mol. The summed E-state index contributed by atoms with van der Waals surface area (Å²) < 4.78 is 5.06. The maximum atomic E-state index is 12.8. The molecule has 0 fully saturated rings. The summed E-state index contributed by atoms with van der Waals surface area (Å²) in [4.78, 5) is 14.7. The van der Waals surface area contributed by atoms with Gasteiger partial charge in [-0.2, -0.15) is 0 Å². The van der Waals surface area contributed by atoms with Gasteiger partial charge in [0.25, 0.3) is 5.91 Å². The number of nitrogens with zero attached hydrogens (tertiary/aromatic N) is 1. The van der Waals surface area contributed by atoms with Crippen LogP contribution in [-0.4, -0.2) is 35.6 Å². The number of benzene rings is 1. The summed E-state index contributed by atoms with van der Waals surface area (Å²) in [5.41, 5.74) is 0.336. The molecule has 0 spiro atoms. The number of aromatic hydroxyl groups is 1. The van der Waals surface area contributed by atoms with Gasteiger partial charge in [0.05, 0.1) is 12.7 Å². The van der Waals surface area contributed by atoms with Crippen molar-refractivity contribution in [1.82, 2.24) is 4.90 Å². The number of carbonyl (C=O) groups excluding carboxylic acids is 1. The van der Waals surface area contributed by atoms with Gasteiger partial charge in [-0.25, -0.2) is 0 Å². The lowest BCUT2D eigenvalue weighted by Gasteiger charge is -2.32. The molecule has 1 N–H and O–H groups in total. The molecule has 0 saturated carbocycles. The van der Waals surface area contributed by atoms with E-state index in [1.54, 1.807) is 12.1 Å². The molecule has 0 saturated heterocycles. The van der Waals surface area contributed by atoms with Crippen molar-refractivity contribution in [3.05, 3.63) is 23.8 Å². The first-order chi connectivity index (χ1) is 9.94. The summed E-state index contributed by atoms with van der Waals surface area (Å²) >= 11 is 0. The van der Waals surface area contributed by atoms with Crippen LogP contribution in [0.15, 0.2) is 18.2 Å². The van der Waals surface area contributed by atoms with Crippen molar-refractivity contribution in [3.63, 3.8) is 0 Å². The largest absolute Gasteiger partial charge is 0.507 e. The van der Waals surface area contributed by atoms with E-state index in [4.69, 9.17) is 4.74 Å². The van der Waals surface area contributed by atoms with Gasteiger partial charge in [-0.3, -0.25) is 4.79 Å². The molecular formula is C17H27NO3. The number of ether oxygens (including phenoxy) is 1. The molecule has 118 valence electrons. The van der Waals surface area contributed by atoms with Gasteiger partial charge in [-0.15, -0.1) is 0 Å². The Balaban J connectivity index is 3.09. The lowest BCUT2D eigenvalue weighted by molar-refractivity contribution is 0.0637. The fraction of sp³-hybridized carbons (Fsp3) is 0.588. The van der Waals surface area contributed by atoms with Gasteiger partial charge in [0.1, 0.15) is 11.5 Å². The maximum Gasteiger partial charge on any atom is 0.257 e. The van der Waals surface area contributed by atoms with E-state index < -0.39 is 0 Å². The van der Waals surface area contributed by atoms with E-state index in [0.717, 1.165) is 12.8 Å². The highest BCUT2D eigenvalue weighted by Gasteiger charge is 2.25. The number of carbonyl (C=O) groups is 1. The van der Waals surface area contributed by atoms with Crippen LogP contribution in [0.4, 0.5) is 0 Å². The predicted octanol–water partition coefficient (Wildman–Crippen LogP) is 3.69. The Labute approximate surface area is 127 Å². The molecule has 21 heavy (non-hydrogen) atoms. The zero-order valence-corrected chi connectivity index (χ0v) is 13.7. The first-order valence-electron chi connectivity index (χ1n) is 7.62. The summed E-state index contributed by atoms with van der Waals surface area (Å²) in [5, 5.41) is 10.1. The van der Waals surface area contributed by atoms with Crippen LogP contribution in [0.25, 0.3) is 0 Å². The van der Waals surface area contributed by atoms with Crippen molar-refractivity contribution in [1.29, 1.82) is 0 Å². The molecule has 0 aliphatic rings. The van der Waals surface area contributed by atoms with E-state index in [9.17, 15) is 9.90 Å². The van der Waals surface area contributed by atoms with Crippen molar-refractivity contribution >= 4 is 5.91 Å². The number of rotatable bonds is 7. The zero-order chi connectivity index (χ0) is 16.0. The van der Waals surface area contributed by atoms with Gasteiger partial charge >= 0.3 is 0 Å². The van der Waals surface area contributed by atoms with E-state index in [2.05, 4.69) is 27.7 Å². The van der Waals surface area contributed by atoms with Gasteiger partial charge in [0.2, 0.25) is 0 Å². The van der Waals surface area contributed by atoms with Crippen LogP contribution in [0.2, 0.25) is 0 Å². The molecule has 0 unspecified atom stereocenters. The first-order valence-corrected chi connectivity index (χ1v) is 7.62. The smallest absolute Gasteiger partial charge is 0.257 e. The summed E-state index contributed by atoms with van der Waals surface area (Å²) in [5.74, 6) is 0.786. The number of phenols is 1. The number of hydrogen-bond acceptors (Lipinski definition) is 3. The Morgan fingerprint density at radius 1 is 1.29 bits per heavy atom. The molecule has 4 nitrogen and oxygen atoms in total. The highest BCUT2D eigenvalue weighted by Crippen LogP contribution is 2.26. The Morgan fingerprint density at radius 3 is 2.33 bits per heavy atom. The van der Waals surface area contributed by atoms with E-state index in [-0.39, 0.29) is 17.7 Å². The number of phenolic OH excluding ortho intramolecular Hbond substituents is 1. The van der Waals surface area contributed by atoms with Gasteiger partial charge < -0.3 is 14.7 Å². The highest BCUT2D eigenvalue weighted by atomic mass is 16.5. The summed E-state index contributed by atoms with van der Waals surface area (Å²) in [6.07, 6.45) is 1.82. The van der Waals surface area contributed by atoms with Crippen molar-refractivity contribution in [2.24, 2.45) is 5.92 Å². The highest BCUT2D eigenvalue weighted by molar-refractivity contribution is 5.97. The molecule has 1 rings (SSSR count). The van der Waals surface area contributed by atoms with Gasteiger partial charge in [-0.05, 0) is 30.9 Å². The average molecular weight is 293 g/mol. The Hall–Kier alpha value is -1.71. The number of amides is 1. The van der Waals surface area contributed by atoms with Crippen LogP contribution in [0.3, 0.4) is 0 Å². The third kappa shape index (κ3) is 4.38.